The molecule has 0 aliphatic carbocycles. The maximum atomic E-state index is 12.1. The topological polar surface area (TPSA) is 61.2 Å². The van der Waals surface area contributed by atoms with Crippen LogP contribution in [0.5, 0.6) is 0 Å². The first-order chi connectivity index (χ1) is 10.1. The van der Waals surface area contributed by atoms with Crippen LogP contribution >= 0.6 is 11.6 Å². The first kappa shape index (κ1) is 15.3. The van der Waals surface area contributed by atoms with Crippen molar-refractivity contribution in [2.45, 2.75) is 12.8 Å². The summed E-state index contributed by atoms with van der Waals surface area (Å²) in [6, 6.07) is 8.75. The number of benzene rings is 1. The van der Waals surface area contributed by atoms with E-state index in [1.807, 2.05) is 6.07 Å². The van der Waals surface area contributed by atoms with E-state index in [0.29, 0.717) is 18.1 Å². The molecule has 1 heterocycles. The highest BCUT2D eigenvalue weighted by Gasteiger charge is 2.30. The molecule has 0 saturated carbocycles. The molecule has 1 aromatic carbocycles. The van der Waals surface area contributed by atoms with Crippen molar-refractivity contribution in [2.75, 3.05) is 13.1 Å². The molecule has 1 fully saturated rings. The largest absolute Gasteiger partial charge is 0.341 e. The molecule has 0 bridgehead atoms. The van der Waals surface area contributed by atoms with Crippen LogP contribution in [0, 0.1) is 17.2 Å². The van der Waals surface area contributed by atoms with Crippen LogP contribution in [0.1, 0.15) is 18.4 Å². The number of hydrogen-bond acceptors (Lipinski definition) is 3. The number of hydrogen-bond donors (Lipinski definition) is 0. The van der Waals surface area contributed by atoms with Crippen molar-refractivity contribution in [1.29, 1.82) is 5.26 Å². The molecule has 0 radical (unpaired) electrons. The van der Waals surface area contributed by atoms with E-state index in [4.69, 9.17) is 16.9 Å². The Morgan fingerprint density at radius 3 is 2.43 bits per heavy atom. The Balaban J connectivity index is 2.04. The smallest absolute Gasteiger partial charge is 0.247 e. The molecule has 1 aliphatic rings. The number of allylic oxidation sites excluding steroid dienone is 1. The van der Waals surface area contributed by atoms with Gasteiger partial charge < -0.3 is 4.90 Å². The molecule has 2 rings (SSSR count). The van der Waals surface area contributed by atoms with Gasteiger partial charge in [0.2, 0.25) is 5.91 Å². The van der Waals surface area contributed by atoms with Gasteiger partial charge in [-0.1, -0.05) is 29.8 Å². The van der Waals surface area contributed by atoms with Crippen molar-refractivity contribution in [3.8, 4) is 6.07 Å². The molecule has 5 heteroatoms. The van der Waals surface area contributed by atoms with Gasteiger partial charge in [-0.2, -0.15) is 5.26 Å². The van der Waals surface area contributed by atoms with E-state index in [1.165, 1.54) is 6.08 Å². The van der Waals surface area contributed by atoms with Crippen LogP contribution in [-0.4, -0.2) is 29.7 Å². The Hall–Kier alpha value is -2.12. The summed E-state index contributed by atoms with van der Waals surface area (Å²) >= 11 is 5.78. The molecule has 1 amide bonds. The average molecular weight is 303 g/mol. The maximum Gasteiger partial charge on any atom is 0.247 e. The summed E-state index contributed by atoms with van der Waals surface area (Å²) in [5.74, 6) is -2.11. The highest BCUT2D eigenvalue weighted by atomic mass is 35.5. The summed E-state index contributed by atoms with van der Waals surface area (Å²) in [4.78, 5) is 25.7. The maximum absolute atomic E-state index is 12.1. The van der Waals surface area contributed by atoms with E-state index in [9.17, 15) is 9.59 Å². The lowest BCUT2D eigenvalue weighted by Gasteiger charge is -2.16. The van der Waals surface area contributed by atoms with Crippen LogP contribution < -0.4 is 0 Å². The predicted octanol–water partition coefficient (Wildman–Crippen LogP) is 2.68. The number of halogens is 1. The third-order valence-electron chi connectivity index (χ3n) is 3.39. The molecule has 4 nitrogen and oxygen atoms in total. The summed E-state index contributed by atoms with van der Waals surface area (Å²) in [6.07, 6.45) is 4.72. The van der Waals surface area contributed by atoms with Crippen LogP contribution in [0.2, 0.25) is 5.02 Å². The highest BCUT2D eigenvalue weighted by Crippen LogP contribution is 2.14. The first-order valence-electron chi connectivity index (χ1n) is 6.77. The number of ketones is 1. The van der Waals surface area contributed by atoms with E-state index in [-0.39, 0.29) is 5.91 Å². The zero-order chi connectivity index (χ0) is 15.2. The zero-order valence-electron chi connectivity index (χ0n) is 11.5. The van der Waals surface area contributed by atoms with Crippen molar-refractivity contribution < 1.29 is 9.59 Å². The molecule has 1 saturated heterocycles. The summed E-state index contributed by atoms with van der Waals surface area (Å²) in [7, 11) is 0. The average Bonchev–Trinajstić information content (AvgIpc) is 3.01. The Morgan fingerprint density at radius 1 is 1.24 bits per heavy atom. The van der Waals surface area contributed by atoms with Crippen LogP contribution in [0.4, 0.5) is 0 Å². The zero-order valence-corrected chi connectivity index (χ0v) is 12.2. The molecule has 0 unspecified atom stereocenters. The van der Waals surface area contributed by atoms with Crippen molar-refractivity contribution in [1.82, 2.24) is 4.90 Å². The molecular weight excluding hydrogens is 288 g/mol. The van der Waals surface area contributed by atoms with Crippen LogP contribution in [0.25, 0.3) is 6.08 Å². The van der Waals surface area contributed by atoms with Gasteiger partial charge in [-0.3, -0.25) is 9.59 Å². The molecule has 0 aromatic heterocycles. The van der Waals surface area contributed by atoms with Crippen LogP contribution in [0.3, 0.4) is 0 Å². The Labute approximate surface area is 128 Å². The number of amides is 1. The lowest BCUT2D eigenvalue weighted by atomic mass is 10.0. The SMILES string of the molecule is N#C[C@H](C(=O)/C=C\c1ccc(Cl)cc1)C(=O)N1CCCC1. The Bertz CT molecular complexity index is 596. The molecule has 0 spiro atoms. The lowest BCUT2D eigenvalue weighted by molar-refractivity contribution is -0.136. The number of rotatable bonds is 4. The van der Waals surface area contributed by atoms with Gasteiger partial charge in [0.25, 0.3) is 0 Å². The number of carbonyl (C=O) groups is 2. The van der Waals surface area contributed by atoms with Crippen LogP contribution in [0.15, 0.2) is 30.3 Å². The summed E-state index contributed by atoms with van der Waals surface area (Å²) in [5, 5.41) is 9.70. The molecule has 0 N–H and O–H groups in total. The molecule has 1 atom stereocenters. The molecule has 108 valence electrons. The van der Waals surface area contributed by atoms with E-state index in [1.54, 1.807) is 35.2 Å². The molecule has 21 heavy (non-hydrogen) atoms. The Kier molecular flexibility index (Phi) is 5.13. The van der Waals surface area contributed by atoms with Crippen molar-refractivity contribution in [2.24, 2.45) is 5.92 Å². The minimum absolute atomic E-state index is 0.388. The number of likely N-dealkylation sites (tertiary alicyclic amines) is 1. The number of nitriles is 1. The Morgan fingerprint density at radius 2 is 1.86 bits per heavy atom. The van der Waals surface area contributed by atoms with Gasteiger partial charge in [-0.05, 0) is 36.6 Å². The second-order valence-electron chi connectivity index (χ2n) is 4.88. The van der Waals surface area contributed by atoms with Gasteiger partial charge in [0.05, 0.1) is 6.07 Å². The third-order valence-corrected chi connectivity index (χ3v) is 3.64. The second kappa shape index (κ2) is 7.05. The van der Waals surface area contributed by atoms with Crippen molar-refractivity contribution >= 4 is 29.4 Å². The molecule has 1 aromatic rings. The second-order valence-corrected chi connectivity index (χ2v) is 5.32. The van der Waals surface area contributed by atoms with E-state index in [0.717, 1.165) is 18.4 Å². The van der Waals surface area contributed by atoms with Gasteiger partial charge in [0.15, 0.2) is 11.7 Å². The fourth-order valence-electron chi connectivity index (χ4n) is 2.21. The van der Waals surface area contributed by atoms with Crippen molar-refractivity contribution in [3.05, 3.63) is 40.9 Å². The first-order valence-corrected chi connectivity index (χ1v) is 7.15. The number of nitrogens with zero attached hydrogens (tertiary/aromatic N) is 2. The number of carbonyl (C=O) groups excluding carboxylic acids is 2. The van der Waals surface area contributed by atoms with E-state index >= 15 is 0 Å². The fourth-order valence-corrected chi connectivity index (χ4v) is 2.34. The molecular formula is C16H15ClN2O2. The minimum Gasteiger partial charge on any atom is -0.341 e. The summed E-state index contributed by atoms with van der Waals surface area (Å²) in [6.45, 7) is 1.26. The van der Waals surface area contributed by atoms with Gasteiger partial charge in [0.1, 0.15) is 0 Å². The van der Waals surface area contributed by atoms with Crippen molar-refractivity contribution in [3.63, 3.8) is 0 Å². The highest BCUT2D eigenvalue weighted by molar-refractivity contribution is 6.30. The van der Waals surface area contributed by atoms with E-state index < -0.39 is 11.7 Å². The normalized spacial score (nSPS) is 15.9. The van der Waals surface area contributed by atoms with Crippen LogP contribution in [-0.2, 0) is 9.59 Å². The van der Waals surface area contributed by atoms with Gasteiger partial charge in [-0.15, -0.1) is 0 Å². The standard InChI is InChI=1S/C16H15ClN2O2/c17-13-6-3-12(4-7-13)5-8-15(20)14(11-18)16(21)19-9-1-2-10-19/h3-8,14H,1-2,9-10H2/b8-5-/t14-/m1/s1. The third kappa shape index (κ3) is 3.93. The van der Waals surface area contributed by atoms with Gasteiger partial charge in [0, 0.05) is 18.1 Å². The quantitative estimate of drug-likeness (QED) is 0.634. The van der Waals surface area contributed by atoms with E-state index in [2.05, 4.69) is 0 Å². The molecule has 1 aliphatic heterocycles. The summed E-state index contributed by atoms with van der Waals surface area (Å²) < 4.78 is 0. The van der Waals surface area contributed by atoms with Gasteiger partial charge in [-0.25, -0.2) is 0 Å². The fraction of sp³-hybridized carbons (Fsp3) is 0.312. The lowest BCUT2D eigenvalue weighted by Crippen LogP contribution is -2.36. The van der Waals surface area contributed by atoms with Gasteiger partial charge >= 0.3 is 0 Å². The predicted molar refractivity (Wildman–Crippen MR) is 80.4 cm³/mol. The summed E-state index contributed by atoms with van der Waals surface area (Å²) in [5.41, 5.74) is 0.790. The monoisotopic (exact) mass is 302 g/mol. The minimum atomic E-state index is -1.24.